The van der Waals surface area contributed by atoms with Crippen molar-refractivity contribution in [1.82, 2.24) is 4.98 Å². The summed E-state index contributed by atoms with van der Waals surface area (Å²) >= 11 is 12.5. The molecule has 2 aromatic rings. The van der Waals surface area contributed by atoms with Crippen LogP contribution in [0.25, 0.3) is 6.08 Å². The molecule has 1 aliphatic rings. The van der Waals surface area contributed by atoms with Crippen LogP contribution >= 0.6 is 35.6 Å². The first-order valence-electron chi connectivity index (χ1n) is 5.82. The van der Waals surface area contributed by atoms with Crippen molar-refractivity contribution in [1.29, 1.82) is 0 Å². The van der Waals surface area contributed by atoms with Gasteiger partial charge in [0.15, 0.2) is 4.32 Å². The number of amides is 1. The molecule has 1 saturated heterocycles. The summed E-state index contributed by atoms with van der Waals surface area (Å²) < 4.78 is 0.509. The Labute approximate surface area is 130 Å². The molecule has 0 bridgehead atoms. The van der Waals surface area contributed by atoms with Gasteiger partial charge < -0.3 is 4.98 Å². The highest BCUT2D eigenvalue weighted by Gasteiger charge is 2.33. The fraction of sp³-hybridized carbons (Fsp3) is 0. The molecule has 0 radical (unpaired) electrons. The number of hydrogen-bond donors (Lipinski definition) is 1. The summed E-state index contributed by atoms with van der Waals surface area (Å²) in [5, 5.41) is 0.574. The minimum atomic E-state index is -0.128. The zero-order valence-corrected chi connectivity index (χ0v) is 12.6. The Balaban J connectivity index is 1.95. The van der Waals surface area contributed by atoms with Gasteiger partial charge in [0.2, 0.25) is 0 Å². The van der Waals surface area contributed by atoms with Crippen LogP contribution in [0.2, 0.25) is 5.02 Å². The number of aromatic nitrogens is 1. The van der Waals surface area contributed by atoms with Crippen LogP contribution < -0.4 is 4.90 Å². The lowest BCUT2D eigenvalue weighted by Crippen LogP contribution is -2.27. The van der Waals surface area contributed by atoms with Gasteiger partial charge in [-0.05, 0) is 36.4 Å². The maximum absolute atomic E-state index is 12.4. The fourth-order valence-electron chi connectivity index (χ4n) is 1.88. The predicted molar refractivity (Wildman–Crippen MR) is 87.9 cm³/mol. The van der Waals surface area contributed by atoms with E-state index < -0.39 is 0 Å². The number of aromatic amines is 1. The van der Waals surface area contributed by atoms with Crippen LogP contribution in [0.5, 0.6) is 0 Å². The number of nitrogens with zero attached hydrogens (tertiary/aromatic N) is 1. The minimum Gasteiger partial charge on any atom is -0.362 e. The van der Waals surface area contributed by atoms with Gasteiger partial charge in [-0.1, -0.05) is 41.6 Å². The van der Waals surface area contributed by atoms with E-state index in [1.807, 2.05) is 24.4 Å². The summed E-state index contributed by atoms with van der Waals surface area (Å²) in [6.45, 7) is 0. The molecule has 0 aliphatic carbocycles. The number of thioether (sulfide) groups is 1. The van der Waals surface area contributed by atoms with Crippen molar-refractivity contribution in [2.75, 3.05) is 4.90 Å². The molecule has 6 heteroatoms. The van der Waals surface area contributed by atoms with Crippen LogP contribution in [0.1, 0.15) is 5.69 Å². The highest BCUT2D eigenvalue weighted by molar-refractivity contribution is 8.27. The Bertz CT molecular complexity index is 710. The van der Waals surface area contributed by atoms with Crippen molar-refractivity contribution < 1.29 is 4.79 Å². The Morgan fingerprint density at radius 2 is 2.15 bits per heavy atom. The number of halogens is 1. The quantitative estimate of drug-likeness (QED) is 0.669. The van der Waals surface area contributed by atoms with Crippen molar-refractivity contribution in [2.24, 2.45) is 0 Å². The van der Waals surface area contributed by atoms with Crippen LogP contribution in [0.15, 0.2) is 47.5 Å². The SMILES string of the molecule is O=C1C(=Cc2ccc[nH]2)SC(=S)N1c1cccc(Cl)c1. The summed E-state index contributed by atoms with van der Waals surface area (Å²) in [4.78, 5) is 17.6. The number of H-pyrrole nitrogens is 1. The molecule has 0 unspecified atom stereocenters. The molecule has 100 valence electrons. The molecule has 1 amide bonds. The molecule has 1 aliphatic heterocycles. The van der Waals surface area contributed by atoms with Gasteiger partial charge in [-0.25, -0.2) is 0 Å². The maximum Gasteiger partial charge on any atom is 0.270 e. The first kappa shape index (κ1) is 13.4. The molecule has 1 N–H and O–H groups in total. The molecular weight excluding hydrogens is 312 g/mol. The third-order valence-electron chi connectivity index (χ3n) is 2.77. The minimum absolute atomic E-state index is 0.128. The molecule has 3 rings (SSSR count). The Kier molecular flexibility index (Phi) is 3.65. The standard InChI is InChI=1S/C14H9ClN2OS2/c15-9-3-1-5-11(7-9)17-13(18)12(20-14(17)19)8-10-4-2-6-16-10/h1-8,16H. The average Bonchev–Trinajstić information content (AvgIpc) is 2.99. The summed E-state index contributed by atoms with van der Waals surface area (Å²) in [5.74, 6) is -0.128. The zero-order chi connectivity index (χ0) is 14.1. The molecule has 1 aromatic carbocycles. The lowest BCUT2D eigenvalue weighted by atomic mass is 10.3. The molecule has 0 spiro atoms. The second-order valence-electron chi connectivity index (χ2n) is 4.12. The number of benzene rings is 1. The van der Waals surface area contributed by atoms with Crippen LogP contribution in [-0.4, -0.2) is 15.2 Å². The van der Waals surface area contributed by atoms with Gasteiger partial charge in [0.05, 0.1) is 10.6 Å². The van der Waals surface area contributed by atoms with Crippen LogP contribution in [0.4, 0.5) is 5.69 Å². The summed E-state index contributed by atoms with van der Waals surface area (Å²) in [5.41, 5.74) is 1.56. The van der Waals surface area contributed by atoms with E-state index in [1.165, 1.54) is 16.7 Å². The number of anilines is 1. The number of rotatable bonds is 2. The molecular formula is C14H9ClN2OS2. The van der Waals surface area contributed by atoms with E-state index in [9.17, 15) is 4.79 Å². The van der Waals surface area contributed by atoms with Crippen LogP contribution in [0, 0.1) is 0 Å². The Morgan fingerprint density at radius 1 is 1.30 bits per heavy atom. The fourth-order valence-corrected chi connectivity index (χ4v) is 3.36. The highest BCUT2D eigenvalue weighted by Crippen LogP contribution is 2.36. The third kappa shape index (κ3) is 2.52. The van der Waals surface area contributed by atoms with Gasteiger partial charge in [0, 0.05) is 16.9 Å². The monoisotopic (exact) mass is 320 g/mol. The van der Waals surface area contributed by atoms with E-state index in [1.54, 1.807) is 24.3 Å². The highest BCUT2D eigenvalue weighted by atomic mass is 35.5. The van der Waals surface area contributed by atoms with Crippen LogP contribution in [-0.2, 0) is 4.79 Å². The number of hydrogen-bond acceptors (Lipinski definition) is 3. The molecule has 3 nitrogen and oxygen atoms in total. The van der Waals surface area contributed by atoms with E-state index in [0.717, 1.165) is 5.69 Å². The zero-order valence-electron chi connectivity index (χ0n) is 10.2. The van der Waals surface area contributed by atoms with Gasteiger partial charge in [-0.15, -0.1) is 0 Å². The maximum atomic E-state index is 12.4. The molecule has 2 heterocycles. The molecule has 0 saturated carbocycles. The largest absolute Gasteiger partial charge is 0.362 e. The summed E-state index contributed by atoms with van der Waals surface area (Å²) in [7, 11) is 0. The Morgan fingerprint density at radius 3 is 2.85 bits per heavy atom. The van der Waals surface area contributed by atoms with E-state index in [0.29, 0.717) is 19.9 Å². The molecule has 1 fully saturated rings. The predicted octanol–water partition coefficient (Wildman–Crippen LogP) is 4.07. The van der Waals surface area contributed by atoms with E-state index >= 15 is 0 Å². The number of carbonyl (C=O) groups excluding carboxylic acids is 1. The van der Waals surface area contributed by atoms with Gasteiger partial charge >= 0.3 is 0 Å². The number of carbonyl (C=O) groups is 1. The summed E-state index contributed by atoms with van der Waals surface area (Å²) in [6, 6.07) is 10.9. The van der Waals surface area contributed by atoms with Crippen molar-refractivity contribution in [3.8, 4) is 0 Å². The van der Waals surface area contributed by atoms with E-state index in [4.69, 9.17) is 23.8 Å². The topological polar surface area (TPSA) is 36.1 Å². The summed E-state index contributed by atoms with van der Waals surface area (Å²) in [6.07, 6.45) is 3.60. The Hall–Kier alpha value is -1.56. The van der Waals surface area contributed by atoms with Crippen LogP contribution in [0.3, 0.4) is 0 Å². The van der Waals surface area contributed by atoms with Crippen molar-refractivity contribution in [2.45, 2.75) is 0 Å². The first-order valence-corrected chi connectivity index (χ1v) is 7.42. The van der Waals surface area contributed by atoms with Gasteiger partial charge in [-0.2, -0.15) is 0 Å². The van der Waals surface area contributed by atoms with Crippen molar-refractivity contribution in [3.63, 3.8) is 0 Å². The molecule has 1 aromatic heterocycles. The van der Waals surface area contributed by atoms with Crippen molar-refractivity contribution in [3.05, 3.63) is 58.2 Å². The lowest BCUT2D eigenvalue weighted by Gasteiger charge is -2.14. The number of nitrogens with one attached hydrogen (secondary N) is 1. The first-order chi connectivity index (χ1) is 9.65. The van der Waals surface area contributed by atoms with Gasteiger partial charge in [-0.3, -0.25) is 9.69 Å². The number of thiocarbonyl (C=S) groups is 1. The molecule has 0 atom stereocenters. The third-order valence-corrected chi connectivity index (χ3v) is 4.31. The van der Waals surface area contributed by atoms with Gasteiger partial charge in [0.1, 0.15) is 0 Å². The van der Waals surface area contributed by atoms with E-state index in [2.05, 4.69) is 4.98 Å². The normalized spacial score (nSPS) is 17.2. The average molecular weight is 321 g/mol. The molecule has 20 heavy (non-hydrogen) atoms. The van der Waals surface area contributed by atoms with Crippen molar-refractivity contribution >= 4 is 57.6 Å². The lowest BCUT2D eigenvalue weighted by molar-refractivity contribution is -0.113. The second-order valence-corrected chi connectivity index (χ2v) is 6.23. The second kappa shape index (κ2) is 5.44. The smallest absolute Gasteiger partial charge is 0.270 e. The van der Waals surface area contributed by atoms with Gasteiger partial charge in [0.25, 0.3) is 5.91 Å². The van der Waals surface area contributed by atoms with E-state index in [-0.39, 0.29) is 5.91 Å².